The van der Waals surface area contributed by atoms with E-state index < -0.39 is 11.5 Å². The fraction of sp³-hybridized carbons (Fsp3) is 0.400. The fourth-order valence-corrected chi connectivity index (χ4v) is 0.892. The number of hydrogen-bond donors (Lipinski definition) is 2. The number of hydrogen-bond acceptors (Lipinski definition) is 4. The van der Waals surface area contributed by atoms with Crippen molar-refractivity contribution in [1.82, 2.24) is 4.98 Å². The maximum absolute atomic E-state index is 10.5. The lowest BCUT2D eigenvalue weighted by atomic mass is 10.0. The lowest BCUT2D eigenvalue weighted by Crippen LogP contribution is -2.32. The van der Waals surface area contributed by atoms with Gasteiger partial charge in [0.1, 0.15) is 6.26 Å². The Morgan fingerprint density at radius 2 is 2.53 bits per heavy atom. The van der Waals surface area contributed by atoms with Gasteiger partial charge in [0.2, 0.25) is 0 Å². The second-order valence-corrected chi connectivity index (χ2v) is 3.30. The normalized spacial score (nSPS) is 13.9. The van der Waals surface area contributed by atoms with Crippen molar-refractivity contribution < 1.29 is 14.3 Å². The zero-order chi connectivity index (χ0) is 11.5. The van der Waals surface area contributed by atoms with Gasteiger partial charge in [-0.2, -0.15) is 4.98 Å². The zero-order valence-electron chi connectivity index (χ0n) is 8.57. The van der Waals surface area contributed by atoms with Gasteiger partial charge in [-0.15, -0.1) is 6.42 Å². The van der Waals surface area contributed by atoms with Crippen LogP contribution in [-0.4, -0.2) is 21.6 Å². The van der Waals surface area contributed by atoms with Crippen molar-refractivity contribution >= 4 is 12.0 Å². The molecule has 1 aromatic rings. The van der Waals surface area contributed by atoms with Crippen molar-refractivity contribution in [2.45, 2.75) is 25.8 Å². The number of rotatable bonds is 4. The number of carbonyl (C=O) groups is 1. The average molecular weight is 208 g/mol. The minimum absolute atomic E-state index is 0.120. The molecular weight excluding hydrogens is 196 g/mol. The molecule has 0 radical (unpaired) electrons. The Morgan fingerprint density at radius 3 is 2.93 bits per heavy atom. The molecule has 1 atom stereocenters. The number of nitrogens with zero attached hydrogens (tertiary/aromatic N) is 1. The first kappa shape index (κ1) is 11.1. The first-order valence-corrected chi connectivity index (χ1v) is 4.45. The maximum Gasteiger partial charge on any atom is 0.357 e. The quantitative estimate of drug-likeness (QED) is 0.735. The Bertz CT molecular complexity index is 405. The molecule has 5 heteroatoms. The van der Waals surface area contributed by atoms with Crippen LogP contribution in [0.2, 0.25) is 0 Å². The van der Waals surface area contributed by atoms with E-state index in [1.54, 1.807) is 6.92 Å². The number of terminal acetylenes is 1. The minimum atomic E-state index is -1.13. The van der Waals surface area contributed by atoms with Gasteiger partial charge in [0.15, 0.2) is 5.69 Å². The van der Waals surface area contributed by atoms with Crippen LogP contribution in [-0.2, 0) is 0 Å². The van der Waals surface area contributed by atoms with Crippen molar-refractivity contribution in [1.29, 1.82) is 0 Å². The van der Waals surface area contributed by atoms with Gasteiger partial charge in [-0.1, -0.05) is 12.8 Å². The van der Waals surface area contributed by atoms with Crippen LogP contribution in [0.1, 0.15) is 30.8 Å². The summed E-state index contributed by atoms with van der Waals surface area (Å²) in [5.41, 5.74) is -0.728. The molecule has 15 heavy (non-hydrogen) atoms. The van der Waals surface area contributed by atoms with E-state index in [0.717, 1.165) is 6.26 Å². The molecule has 0 aliphatic carbocycles. The van der Waals surface area contributed by atoms with Gasteiger partial charge in [-0.25, -0.2) is 4.79 Å². The molecule has 1 rings (SSSR count). The number of anilines is 1. The average Bonchev–Trinajstić information content (AvgIpc) is 2.66. The summed E-state index contributed by atoms with van der Waals surface area (Å²) in [5, 5.41) is 11.5. The van der Waals surface area contributed by atoms with E-state index in [2.05, 4.69) is 16.2 Å². The number of aromatic nitrogens is 1. The molecule has 0 aromatic carbocycles. The molecule has 1 heterocycles. The summed E-state index contributed by atoms with van der Waals surface area (Å²) in [7, 11) is 0. The highest BCUT2D eigenvalue weighted by atomic mass is 16.4. The molecule has 2 N–H and O–H groups in total. The van der Waals surface area contributed by atoms with Crippen LogP contribution in [0.15, 0.2) is 10.7 Å². The van der Waals surface area contributed by atoms with Crippen LogP contribution in [0, 0.1) is 12.3 Å². The minimum Gasteiger partial charge on any atom is -0.476 e. The lowest BCUT2D eigenvalue weighted by Gasteiger charge is -2.21. The lowest BCUT2D eigenvalue weighted by molar-refractivity contribution is 0.0690. The van der Waals surface area contributed by atoms with Gasteiger partial charge in [0, 0.05) is 0 Å². The molecule has 5 nitrogen and oxygen atoms in total. The molecule has 0 amide bonds. The molecule has 0 saturated heterocycles. The van der Waals surface area contributed by atoms with E-state index in [9.17, 15) is 4.79 Å². The van der Waals surface area contributed by atoms with Gasteiger partial charge in [-0.05, 0) is 13.3 Å². The van der Waals surface area contributed by atoms with Gasteiger partial charge in [0.25, 0.3) is 6.01 Å². The largest absolute Gasteiger partial charge is 0.476 e. The summed E-state index contributed by atoms with van der Waals surface area (Å²) in [5.74, 6) is 1.42. The van der Waals surface area contributed by atoms with Crippen LogP contribution >= 0.6 is 0 Å². The molecule has 1 unspecified atom stereocenters. The molecule has 0 aliphatic rings. The second kappa shape index (κ2) is 4.05. The molecular formula is C10H12N2O3. The SMILES string of the molecule is C#CC(C)(CC)Nc1nc(C(=O)O)co1. The number of oxazole rings is 1. The van der Waals surface area contributed by atoms with Crippen LogP contribution < -0.4 is 5.32 Å². The van der Waals surface area contributed by atoms with Gasteiger partial charge < -0.3 is 14.8 Å². The van der Waals surface area contributed by atoms with E-state index in [1.165, 1.54) is 0 Å². The molecule has 80 valence electrons. The highest BCUT2D eigenvalue weighted by molar-refractivity contribution is 5.85. The van der Waals surface area contributed by atoms with E-state index in [1.807, 2.05) is 6.92 Å². The van der Waals surface area contributed by atoms with Crippen LogP contribution in [0.25, 0.3) is 0 Å². The Kier molecular flexibility index (Phi) is 3.00. The summed E-state index contributed by atoms with van der Waals surface area (Å²) in [6.07, 6.45) is 7.08. The smallest absolute Gasteiger partial charge is 0.357 e. The number of aromatic carboxylic acids is 1. The van der Waals surface area contributed by atoms with Gasteiger partial charge >= 0.3 is 5.97 Å². The predicted octanol–water partition coefficient (Wildman–Crippen LogP) is 1.59. The summed E-state index contributed by atoms with van der Waals surface area (Å²) in [4.78, 5) is 14.2. The first-order valence-electron chi connectivity index (χ1n) is 4.45. The van der Waals surface area contributed by atoms with Crippen LogP contribution in [0.5, 0.6) is 0 Å². The number of carboxylic acid groups (broad SMARTS) is 1. The fourth-order valence-electron chi connectivity index (χ4n) is 0.892. The topological polar surface area (TPSA) is 75.4 Å². The van der Waals surface area contributed by atoms with Gasteiger partial charge in [-0.3, -0.25) is 0 Å². The summed E-state index contributed by atoms with van der Waals surface area (Å²) < 4.78 is 4.93. The maximum atomic E-state index is 10.5. The Hall–Kier alpha value is -1.96. The highest BCUT2D eigenvalue weighted by Gasteiger charge is 2.21. The third-order valence-electron chi connectivity index (χ3n) is 2.13. The van der Waals surface area contributed by atoms with E-state index >= 15 is 0 Å². The van der Waals surface area contributed by atoms with Crippen molar-refractivity contribution in [3.63, 3.8) is 0 Å². The highest BCUT2D eigenvalue weighted by Crippen LogP contribution is 2.17. The molecule has 0 spiro atoms. The molecule has 0 saturated carbocycles. The third kappa shape index (κ3) is 2.50. The third-order valence-corrected chi connectivity index (χ3v) is 2.13. The van der Waals surface area contributed by atoms with Crippen molar-refractivity contribution in [3.05, 3.63) is 12.0 Å². The predicted molar refractivity (Wildman–Crippen MR) is 54.6 cm³/mol. The second-order valence-electron chi connectivity index (χ2n) is 3.30. The Labute approximate surface area is 87.5 Å². The molecule has 0 bridgehead atoms. The zero-order valence-corrected chi connectivity index (χ0v) is 8.57. The number of nitrogens with one attached hydrogen (secondary N) is 1. The Balaban J connectivity index is 2.82. The van der Waals surface area contributed by atoms with Crippen LogP contribution in [0.4, 0.5) is 6.01 Å². The van der Waals surface area contributed by atoms with E-state index in [4.69, 9.17) is 15.9 Å². The van der Waals surface area contributed by atoms with E-state index in [0.29, 0.717) is 6.42 Å². The van der Waals surface area contributed by atoms with Crippen molar-refractivity contribution in [3.8, 4) is 12.3 Å². The van der Waals surface area contributed by atoms with Crippen molar-refractivity contribution in [2.75, 3.05) is 5.32 Å². The summed E-state index contributed by atoms with van der Waals surface area (Å²) in [6.45, 7) is 3.71. The summed E-state index contributed by atoms with van der Waals surface area (Å²) >= 11 is 0. The number of carboxylic acids is 1. The van der Waals surface area contributed by atoms with E-state index in [-0.39, 0.29) is 11.7 Å². The molecule has 0 fully saturated rings. The molecule has 1 aromatic heterocycles. The van der Waals surface area contributed by atoms with Crippen LogP contribution in [0.3, 0.4) is 0 Å². The first-order chi connectivity index (χ1) is 7.00. The van der Waals surface area contributed by atoms with Crippen molar-refractivity contribution in [2.24, 2.45) is 0 Å². The van der Waals surface area contributed by atoms with Gasteiger partial charge in [0.05, 0.1) is 5.54 Å². The monoisotopic (exact) mass is 208 g/mol. The summed E-state index contributed by atoms with van der Waals surface area (Å²) in [6, 6.07) is 0.120. The standard InChI is InChI=1S/C10H12N2O3/c1-4-10(3,5-2)12-9-11-7(6-15-9)8(13)14/h1,6H,5H2,2-3H3,(H,11,12)(H,13,14). The Morgan fingerprint density at radius 1 is 1.87 bits per heavy atom. The molecule has 0 aliphatic heterocycles.